The first-order valence-electron chi connectivity index (χ1n) is 6.85. The molecule has 114 valence electrons. The van der Waals surface area contributed by atoms with Crippen LogP contribution in [0.5, 0.6) is 11.5 Å². The Kier molecular flexibility index (Phi) is 4.84. The first-order valence-corrected chi connectivity index (χ1v) is 6.85. The Bertz CT molecular complexity index is 593. The summed E-state index contributed by atoms with van der Waals surface area (Å²) < 4.78 is 16.8. The van der Waals surface area contributed by atoms with Crippen LogP contribution in [-0.4, -0.2) is 11.9 Å². The van der Waals surface area contributed by atoms with Crippen molar-refractivity contribution in [3.05, 3.63) is 72.8 Å². The minimum absolute atomic E-state index is 0.263. The standard InChI is InChI=1S/C18H18O4/c1-14(2)17(19)22-18(3,20-15-10-6-4-7-11-15)21-16-12-8-5-9-13-16/h4-13H,1H2,2-3H3. The Labute approximate surface area is 129 Å². The fourth-order valence-corrected chi connectivity index (χ4v) is 1.72. The van der Waals surface area contributed by atoms with Gasteiger partial charge in [-0.1, -0.05) is 43.0 Å². The second-order valence-electron chi connectivity index (χ2n) is 4.86. The summed E-state index contributed by atoms with van der Waals surface area (Å²) in [5, 5.41) is 0. The molecule has 0 bridgehead atoms. The van der Waals surface area contributed by atoms with Gasteiger partial charge in [0, 0.05) is 5.57 Å². The molecule has 0 radical (unpaired) electrons. The number of benzene rings is 2. The maximum Gasteiger partial charge on any atom is 0.416 e. The molecule has 0 spiro atoms. The fourth-order valence-electron chi connectivity index (χ4n) is 1.72. The van der Waals surface area contributed by atoms with Crippen molar-refractivity contribution in [2.45, 2.75) is 19.8 Å². The molecule has 0 aliphatic rings. The molecule has 0 fully saturated rings. The average molecular weight is 298 g/mol. The van der Waals surface area contributed by atoms with Crippen LogP contribution >= 0.6 is 0 Å². The summed E-state index contributed by atoms with van der Waals surface area (Å²) in [7, 11) is 0. The number of ether oxygens (including phenoxy) is 3. The van der Waals surface area contributed by atoms with E-state index in [1.807, 2.05) is 36.4 Å². The Morgan fingerprint density at radius 2 is 1.32 bits per heavy atom. The van der Waals surface area contributed by atoms with Crippen LogP contribution in [0.3, 0.4) is 0 Å². The van der Waals surface area contributed by atoms with E-state index in [1.54, 1.807) is 31.2 Å². The summed E-state index contributed by atoms with van der Waals surface area (Å²) in [6.07, 6.45) is 0. The number of hydrogen-bond acceptors (Lipinski definition) is 4. The Balaban J connectivity index is 2.23. The number of hydrogen-bond donors (Lipinski definition) is 0. The topological polar surface area (TPSA) is 44.8 Å². The van der Waals surface area contributed by atoms with Gasteiger partial charge in [-0.3, -0.25) is 0 Å². The van der Waals surface area contributed by atoms with E-state index in [0.29, 0.717) is 11.5 Å². The van der Waals surface area contributed by atoms with Crippen molar-refractivity contribution >= 4 is 5.97 Å². The second kappa shape index (κ2) is 6.80. The highest BCUT2D eigenvalue weighted by molar-refractivity contribution is 5.87. The van der Waals surface area contributed by atoms with E-state index in [9.17, 15) is 4.79 Å². The SMILES string of the molecule is C=C(C)C(=O)OC(C)(Oc1ccccc1)Oc1ccccc1. The van der Waals surface area contributed by atoms with E-state index in [4.69, 9.17) is 14.2 Å². The summed E-state index contributed by atoms with van der Waals surface area (Å²) in [6, 6.07) is 18.0. The first kappa shape index (κ1) is 15.6. The molecule has 2 rings (SSSR count). The molecule has 0 saturated heterocycles. The second-order valence-corrected chi connectivity index (χ2v) is 4.86. The quantitative estimate of drug-likeness (QED) is 0.460. The Hall–Kier alpha value is -2.75. The van der Waals surface area contributed by atoms with Crippen LogP contribution in [0.1, 0.15) is 13.8 Å². The van der Waals surface area contributed by atoms with Gasteiger partial charge < -0.3 is 14.2 Å². The van der Waals surface area contributed by atoms with Gasteiger partial charge in [0.15, 0.2) is 0 Å². The fraction of sp³-hybridized carbons (Fsp3) is 0.167. The zero-order valence-corrected chi connectivity index (χ0v) is 12.6. The molecule has 4 heteroatoms. The maximum atomic E-state index is 11.9. The number of para-hydroxylation sites is 2. The minimum Gasteiger partial charge on any atom is -0.421 e. The summed E-state index contributed by atoms with van der Waals surface area (Å²) in [6.45, 7) is 6.67. The Morgan fingerprint density at radius 1 is 0.909 bits per heavy atom. The van der Waals surface area contributed by atoms with Crippen LogP contribution < -0.4 is 9.47 Å². The molecule has 0 aliphatic carbocycles. The summed E-state index contributed by atoms with van der Waals surface area (Å²) in [4.78, 5) is 11.9. The third-order valence-electron chi connectivity index (χ3n) is 2.72. The van der Waals surface area contributed by atoms with E-state index in [0.717, 1.165) is 0 Å². The van der Waals surface area contributed by atoms with Crippen LogP contribution in [0.2, 0.25) is 0 Å². The van der Waals surface area contributed by atoms with Crippen molar-refractivity contribution in [3.63, 3.8) is 0 Å². The van der Waals surface area contributed by atoms with Crippen molar-refractivity contribution in [2.24, 2.45) is 0 Å². The number of carbonyl (C=O) groups excluding carboxylic acids is 1. The lowest BCUT2D eigenvalue weighted by atomic mass is 10.3. The van der Waals surface area contributed by atoms with Crippen LogP contribution in [0.25, 0.3) is 0 Å². The molecular formula is C18H18O4. The van der Waals surface area contributed by atoms with Gasteiger partial charge in [0.2, 0.25) is 0 Å². The van der Waals surface area contributed by atoms with Crippen LogP contribution in [0.15, 0.2) is 72.8 Å². The van der Waals surface area contributed by atoms with E-state index in [2.05, 4.69) is 6.58 Å². The predicted octanol–water partition coefficient (Wildman–Crippen LogP) is 3.94. The lowest BCUT2D eigenvalue weighted by molar-refractivity contribution is -0.271. The molecule has 0 heterocycles. The first-order chi connectivity index (χ1) is 10.5. The summed E-state index contributed by atoms with van der Waals surface area (Å²) in [5.74, 6) is -1.14. The van der Waals surface area contributed by atoms with E-state index < -0.39 is 11.9 Å². The van der Waals surface area contributed by atoms with E-state index >= 15 is 0 Å². The van der Waals surface area contributed by atoms with Gasteiger partial charge in [-0.05, 0) is 31.2 Å². The van der Waals surface area contributed by atoms with Crippen molar-refractivity contribution < 1.29 is 19.0 Å². The molecule has 2 aromatic rings. The van der Waals surface area contributed by atoms with Gasteiger partial charge >= 0.3 is 11.9 Å². The molecule has 0 N–H and O–H groups in total. The zero-order valence-electron chi connectivity index (χ0n) is 12.6. The predicted molar refractivity (Wildman–Crippen MR) is 83.5 cm³/mol. The van der Waals surface area contributed by atoms with Crippen molar-refractivity contribution in [2.75, 3.05) is 0 Å². The number of esters is 1. The minimum atomic E-state index is -1.60. The molecule has 0 unspecified atom stereocenters. The summed E-state index contributed by atoms with van der Waals surface area (Å²) >= 11 is 0. The third-order valence-corrected chi connectivity index (χ3v) is 2.72. The maximum absolute atomic E-state index is 11.9. The molecule has 0 amide bonds. The molecule has 0 atom stereocenters. The molecule has 0 aliphatic heterocycles. The van der Waals surface area contributed by atoms with Crippen molar-refractivity contribution in [1.82, 2.24) is 0 Å². The van der Waals surface area contributed by atoms with Crippen LogP contribution in [-0.2, 0) is 9.53 Å². The highest BCUT2D eigenvalue weighted by atomic mass is 16.9. The van der Waals surface area contributed by atoms with Crippen molar-refractivity contribution in [1.29, 1.82) is 0 Å². The largest absolute Gasteiger partial charge is 0.421 e. The lowest BCUT2D eigenvalue weighted by Gasteiger charge is -2.30. The summed E-state index contributed by atoms with van der Waals surface area (Å²) in [5.41, 5.74) is 0.263. The normalized spacial score (nSPS) is 10.6. The van der Waals surface area contributed by atoms with Gasteiger partial charge in [-0.15, -0.1) is 0 Å². The van der Waals surface area contributed by atoms with Gasteiger partial charge in [0.25, 0.3) is 0 Å². The Morgan fingerprint density at radius 3 is 1.68 bits per heavy atom. The molecule has 2 aromatic carbocycles. The monoisotopic (exact) mass is 298 g/mol. The van der Waals surface area contributed by atoms with Crippen LogP contribution in [0, 0.1) is 0 Å². The van der Waals surface area contributed by atoms with E-state index in [1.165, 1.54) is 6.92 Å². The highest BCUT2D eigenvalue weighted by Gasteiger charge is 2.34. The molecule has 0 saturated carbocycles. The lowest BCUT2D eigenvalue weighted by Crippen LogP contribution is -2.44. The van der Waals surface area contributed by atoms with E-state index in [-0.39, 0.29) is 5.57 Å². The average Bonchev–Trinajstić information content (AvgIpc) is 2.48. The number of carbonyl (C=O) groups is 1. The molecule has 0 aromatic heterocycles. The molecule has 22 heavy (non-hydrogen) atoms. The van der Waals surface area contributed by atoms with Crippen LogP contribution in [0.4, 0.5) is 0 Å². The smallest absolute Gasteiger partial charge is 0.416 e. The van der Waals surface area contributed by atoms with Gasteiger partial charge in [-0.25, -0.2) is 4.79 Å². The molecule has 4 nitrogen and oxygen atoms in total. The highest BCUT2D eigenvalue weighted by Crippen LogP contribution is 2.24. The van der Waals surface area contributed by atoms with Crippen molar-refractivity contribution in [3.8, 4) is 11.5 Å². The van der Waals surface area contributed by atoms with Gasteiger partial charge in [-0.2, -0.15) is 0 Å². The molecular weight excluding hydrogens is 280 g/mol. The van der Waals surface area contributed by atoms with Gasteiger partial charge in [0.05, 0.1) is 6.92 Å². The number of rotatable bonds is 6. The zero-order chi connectivity index (χ0) is 16.0. The third kappa shape index (κ3) is 4.38. The van der Waals surface area contributed by atoms with Gasteiger partial charge in [0.1, 0.15) is 11.5 Å².